The van der Waals surface area contributed by atoms with Gasteiger partial charge < -0.3 is 25.1 Å². The third-order valence-electron chi connectivity index (χ3n) is 4.87. The van der Waals surface area contributed by atoms with E-state index in [1.165, 1.54) is 12.6 Å². The summed E-state index contributed by atoms with van der Waals surface area (Å²) in [6.07, 6.45) is 2.82. The molecule has 11 heteroatoms. The number of hydrogen-bond donors (Lipinski definition) is 4. The van der Waals surface area contributed by atoms with Crippen LogP contribution in [0.25, 0.3) is 0 Å². The second-order valence-corrected chi connectivity index (χ2v) is 8.13. The van der Waals surface area contributed by atoms with Crippen LogP contribution < -0.4 is 20.7 Å². The second-order valence-electron chi connectivity index (χ2n) is 6.71. The summed E-state index contributed by atoms with van der Waals surface area (Å²) in [7, 11) is 0.269. The molecule has 31 heavy (non-hydrogen) atoms. The van der Waals surface area contributed by atoms with Gasteiger partial charge in [0.05, 0.1) is 41.3 Å². The quantitative estimate of drug-likeness (QED) is 0.407. The number of benzene rings is 1. The summed E-state index contributed by atoms with van der Waals surface area (Å²) in [4.78, 5) is 11.2. The number of rotatable bonds is 7. The third-order valence-corrected chi connectivity index (χ3v) is 5.92. The van der Waals surface area contributed by atoms with Crippen molar-refractivity contribution in [1.82, 2.24) is 14.7 Å². The van der Waals surface area contributed by atoms with Crippen LogP contribution in [-0.4, -0.2) is 53.2 Å². The van der Waals surface area contributed by atoms with E-state index in [-0.39, 0.29) is 11.5 Å². The summed E-state index contributed by atoms with van der Waals surface area (Å²) in [6, 6.07) is 8.91. The van der Waals surface area contributed by atoms with Crippen LogP contribution in [0.1, 0.15) is 11.3 Å². The van der Waals surface area contributed by atoms with Crippen molar-refractivity contribution < 1.29 is 13.4 Å². The second kappa shape index (κ2) is 9.25. The first-order valence-corrected chi connectivity index (χ1v) is 10.8. The minimum atomic E-state index is -1.36. The average Bonchev–Trinajstić information content (AvgIpc) is 3.34. The molecule has 0 radical (unpaired) electrons. The molecule has 2 aromatic heterocycles. The number of furan rings is 1. The number of nitrogens with two attached hydrogens (primary N) is 1. The van der Waals surface area contributed by atoms with Crippen molar-refractivity contribution in [1.29, 1.82) is 5.41 Å². The number of morpholine rings is 1. The van der Waals surface area contributed by atoms with E-state index in [2.05, 4.69) is 24.9 Å². The highest BCUT2D eigenvalue weighted by Gasteiger charge is 2.21. The number of nitrogens with one attached hydrogen (secondary N) is 3. The minimum Gasteiger partial charge on any atom is -0.463 e. The van der Waals surface area contributed by atoms with Crippen molar-refractivity contribution in [3.8, 4) is 0 Å². The van der Waals surface area contributed by atoms with E-state index < -0.39 is 11.0 Å². The van der Waals surface area contributed by atoms with Crippen LogP contribution in [0.5, 0.6) is 0 Å². The standard InChI is InChI=1S/C20H23N7O3S/c1-23-31(28)13-4-5-15(27-6-9-29-10-7-27)14(11-13)26-20-17(19(22)24-12-25-20)18(21)16-3-2-8-30-16/h2-5,8,11-12,21,23H,6-7,9-10H2,1H3,(H3,22,24,25,26). The van der Waals surface area contributed by atoms with Gasteiger partial charge in [-0.3, -0.25) is 5.41 Å². The molecule has 5 N–H and O–H groups in total. The molecule has 3 aromatic rings. The SMILES string of the molecule is CNS(=O)c1ccc(N2CCOCC2)c(Nc2ncnc(N)c2C(=N)c2ccco2)c1. The van der Waals surface area contributed by atoms with E-state index in [0.29, 0.717) is 40.9 Å². The van der Waals surface area contributed by atoms with Crippen LogP contribution in [0.2, 0.25) is 0 Å². The highest BCUT2D eigenvalue weighted by molar-refractivity contribution is 7.83. The van der Waals surface area contributed by atoms with Gasteiger partial charge in [-0.15, -0.1) is 0 Å². The molecular formula is C20H23N7O3S. The predicted molar refractivity (Wildman–Crippen MR) is 119 cm³/mol. The van der Waals surface area contributed by atoms with Gasteiger partial charge in [-0.2, -0.15) is 0 Å². The molecule has 4 rings (SSSR count). The molecule has 1 atom stereocenters. The highest BCUT2D eigenvalue weighted by atomic mass is 32.2. The molecule has 1 aromatic carbocycles. The molecule has 10 nitrogen and oxygen atoms in total. The average molecular weight is 442 g/mol. The molecule has 0 aliphatic carbocycles. The maximum atomic E-state index is 12.3. The van der Waals surface area contributed by atoms with Crippen LogP contribution in [0, 0.1) is 5.41 Å². The first-order chi connectivity index (χ1) is 15.1. The van der Waals surface area contributed by atoms with Gasteiger partial charge in [-0.25, -0.2) is 18.9 Å². The maximum absolute atomic E-state index is 12.3. The summed E-state index contributed by atoms with van der Waals surface area (Å²) in [6.45, 7) is 2.70. The summed E-state index contributed by atoms with van der Waals surface area (Å²) >= 11 is 0. The lowest BCUT2D eigenvalue weighted by molar-refractivity contribution is 0.123. The first-order valence-electron chi connectivity index (χ1n) is 9.64. The largest absolute Gasteiger partial charge is 0.463 e. The molecule has 0 amide bonds. The summed E-state index contributed by atoms with van der Waals surface area (Å²) in [5.41, 5.74) is 8.09. The summed E-state index contributed by atoms with van der Waals surface area (Å²) < 4.78 is 25.9. The Morgan fingerprint density at radius 1 is 1.26 bits per heavy atom. The third kappa shape index (κ3) is 4.43. The molecule has 1 aliphatic heterocycles. The van der Waals surface area contributed by atoms with Crippen LogP contribution in [0.3, 0.4) is 0 Å². The molecule has 0 saturated carbocycles. The van der Waals surface area contributed by atoms with Crippen LogP contribution >= 0.6 is 0 Å². The van der Waals surface area contributed by atoms with Gasteiger partial charge in [-0.1, -0.05) is 0 Å². The lowest BCUT2D eigenvalue weighted by Gasteiger charge is -2.31. The molecule has 1 fully saturated rings. The topological polar surface area (TPSA) is 142 Å². The van der Waals surface area contributed by atoms with Gasteiger partial charge in [0.2, 0.25) is 0 Å². The highest BCUT2D eigenvalue weighted by Crippen LogP contribution is 2.33. The Balaban J connectivity index is 1.77. The zero-order valence-electron chi connectivity index (χ0n) is 16.9. The van der Waals surface area contributed by atoms with Crippen molar-refractivity contribution in [2.24, 2.45) is 0 Å². The molecular weight excluding hydrogens is 418 g/mol. The Kier molecular flexibility index (Phi) is 6.26. The first kappa shape index (κ1) is 21.0. The van der Waals surface area contributed by atoms with Gasteiger partial charge >= 0.3 is 0 Å². The van der Waals surface area contributed by atoms with E-state index in [0.717, 1.165) is 18.8 Å². The smallest absolute Gasteiger partial charge is 0.152 e. The van der Waals surface area contributed by atoms with Gasteiger partial charge in [0, 0.05) is 13.1 Å². The Labute approximate surface area is 181 Å². The Bertz CT molecular complexity index is 1100. The molecule has 1 saturated heterocycles. The van der Waals surface area contributed by atoms with Crippen molar-refractivity contribution in [3.05, 3.63) is 54.2 Å². The van der Waals surface area contributed by atoms with Gasteiger partial charge in [0.1, 0.15) is 34.7 Å². The molecule has 162 valence electrons. The van der Waals surface area contributed by atoms with E-state index >= 15 is 0 Å². The monoisotopic (exact) mass is 441 g/mol. The van der Waals surface area contributed by atoms with Crippen molar-refractivity contribution in [2.45, 2.75) is 4.90 Å². The Morgan fingerprint density at radius 3 is 2.77 bits per heavy atom. The number of ether oxygens (including phenoxy) is 1. The lowest BCUT2D eigenvalue weighted by Crippen LogP contribution is -2.36. The van der Waals surface area contributed by atoms with Crippen LogP contribution in [0.15, 0.2) is 52.2 Å². The number of anilines is 4. The number of nitrogen functional groups attached to an aromatic ring is 1. The zero-order chi connectivity index (χ0) is 21.8. The molecule has 1 unspecified atom stereocenters. The number of nitrogens with zero attached hydrogens (tertiary/aromatic N) is 3. The normalized spacial score (nSPS) is 14.9. The number of aromatic nitrogens is 2. The summed E-state index contributed by atoms with van der Waals surface area (Å²) in [5.74, 6) is 0.862. The van der Waals surface area contributed by atoms with Gasteiger partial charge in [-0.05, 0) is 37.4 Å². The fraction of sp³-hybridized carbons (Fsp3) is 0.250. The Morgan fingerprint density at radius 2 is 2.06 bits per heavy atom. The number of hydrogen-bond acceptors (Lipinski definition) is 9. The molecule has 0 spiro atoms. The van der Waals surface area contributed by atoms with Gasteiger partial charge in [0.15, 0.2) is 5.76 Å². The molecule has 3 heterocycles. The summed E-state index contributed by atoms with van der Waals surface area (Å²) in [5, 5.41) is 11.8. The van der Waals surface area contributed by atoms with E-state index in [1.807, 2.05) is 12.1 Å². The van der Waals surface area contributed by atoms with Crippen molar-refractivity contribution in [2.75, 3.05) is 49.3 Å². The van der Waals surface area contributed by atoms with E-state index in [1.54, 1.807) is 25.2 Å². The fourth-order valence-electron chi connectivity index (χ4n) is 3.34. The Hall–Kier alpha value is -3.28. The van der Waals surface area contributed by atoms with E-state index in [9.17, 15) is 4.21 Å². The van der Waals surface area contributed by atoms with Crippen LogP contribution in [0.4, 0.5) is 23.0 Å². The van der Waals surface area contributed by atoms with Gasteiger partial charge in [0.25, 0.3) is 0 Å². The fourth-order valence-corrected chi connectivity index (χ4v) is 3.99. The molecule has 0 bridgehead atoms. The van der Waals surface area contributed by atoms with E-state index in [4.69, 9.17) is 20.3 Å². The lowest BCUT2D eigenvalue weighted by atomic mass is 10.1. The molecule has 1 aliphatic rings. The zero-order valence-corrected chi connectivity index (χ0v) is 17.7. The van der Waals surface area contributed by atoms with Crippen molar-refractivity contribution in [3.63, 3.8) is 0 Å². The van der Waals surface area contributed by atoms with Crippen molar-refractivity contribution >= 4 is 39.7 Å². The van der Waals surface area contributed by atoms with Crippen LogP contribution in [-0.2, 0) is 15.7 Å². The minimum absolute atomic E-state index is 0.0634. The predicted octanol–water partition coefficient (Wildman–Crippen LogP) is 1.89. The maximum Gasteiger partial charge on any atom is 0.152 e.